The van der Waals surface area contributed by atoms with E-state index in [-0.39, 0.29) is 11.8 Å². The van der Waals surface area contributed by atoms with Crippen LogP contribution in [0.15, 0.2) is 42.6 Å². The molecule has 0 spiro atoms. The highest BCUT2D eigenvalue weighted by Gasteiger charge is 2.24. The first kappa shape index (κ1) is 20.1. The molecule has 0 bridgehead atoms. The number of nitrogens with zero attached hydrogens (tertiary/aromatic N) is 4. The number of anilines is 1. The summed E-state index contributed by atoms with van der Waals surface area (Å²) < 4.78 is 1.85. The molecule has 3 rings (SSSR count). The highest BCUT2D eigenvalue weighted by Crippen LogP contribution is 2.22. The Bertz CT molecular complexity index is 892. The molecule has 0 saturated heterocycles. The number of hydrogen-bond donors (Lipinski definition) is 1. The molecule has 2 aromatic rings. The lowest BCUT2D eigenvalue weighted by atomic mass is 10.3. The van der Waals surface area contributed by atoms with Crippen molar-refractivity contribution in [2.75, 3.05) is 32.0 Å². The zero-order chi connectivity index (χ0) is 20.1. The number of likely N-dealkylation sites (N-methyl/N-ethyl adjacent to an activating group) is 1. The number of halogens is 1. The number of para-hydroxylation sites is 1. The molecular formula is C20H24ClN5O2. The van der Waals surface area contributed by atoms with Crippen LogP contribution in [0, 0.1) is 0 Å². The molecule has 1 aliphatic heterocycles. The first-order valence-corrected chi connectivity index (χ1v) is 9.61. The number of amides is 2. The van der Waals surface area contributed by atoms with Gasteiger partial charge in [0.1, 0.15) is 11.5 Å². The molecule has 7 nitrogen and oxygen atoms in total. The minimum atomic E-state index is -0.269. The fourth-order valence-corrected chi connectivity index (χ4v) is 3.13. The zero-order valence-electron chi connectivity index (χ0n) is 16.1. The number of aromatic nitrogens is 2. The molecule has 0 aliphatic carbocycles. The molecule has 2 heterocycles. The number of imidazole rings is 1. The van der Waals surface area contributed by atoms with Gasteiger partial charge in [-0.1, -0.05) is 36.7 Å². The van der Waals surface area contributed by atoms with Gasteiger partial charge in [-0.05, 0) is 25.7 Å². The van der Waals surface area contributed by atoms with E-state index in [0.717, 1.165) is 13.1 Å². The normalized spacial score (nSPS) is 13.8. The number of carbonyl (C=O) groups excluding carboxylic acids is 2. The van der Waals surface area contributed by atoms with Crippen LogP contribution in [0.1, 0.15) is 23.2 Å². The van der Waals surface area contributed by atoms with Gasteiger partial charge in [0.15, 0.2) is 0 Å². The summed E-state index contributed by atoms with van der Waals surface area (Å²) in [4.78, 5) is 33.2. The molecule has 0 radical (unpaired) electrons. The Hall–Kier alpha value is -2.64. The second-order valence-electron chi connectivity index (χ2n) is 6.66. The Balaban J connectivity index is 1.65. The van der Waals surface area contributed by atoms with Crippen molar-refractivity contribution >= 4 is 29.1 Å². The molecule has 1 aromatic carbocycles. The van der Waals surface area contributed by atoms with Gasteiger partial charge in [0.2, 0.25) is 5.91 Å². The van der Waals surface area contributed by atoms with E-state index in [1.165, 1.54) is 0 Å². The molecule has 1 aliphatic rings. The summed E-state index contributed by atoms with van der Waals surface area (Å²) >= 11 is 6.11. The second-order valence-corrected chi connectivity index (χ2v) is 7.07. The smallest absolute Gasteiger partial charge is 0.273 e. The third-order valence-electron chi connectivity index (χ3n) is 4.75. The summed E-state index contributed by atoms with van der Waals surface area (Å²) in [6.45, 7) is 5.17. The fourth-order valence-electron chi connectivity index (χ4n) is 2.95. The van der Waals surface area contributed by atoms with Crippen molar-refractivity contribution < 1.29 is 9.59 Å². The molecule has 148 valence electrons. The van der Waals surface area contributed by atoms with E-state index in [0.29, 0.717) is 41.9 Å². The average molecular weight is 402 g/mol. The quantitative estimate of drug-likeness (QED) is 0.755. The van der Waals surface area contributed by atoms with Crippen LogP contribution in [0.3, 0.4) is 0 Å². The van der Waals surface area contributed by atoms with Crippen LogP contribution in [0.2, 0.25) is 5.02 Å². The molecular weight excluding hydrogens is 378 g/mol. The molecule has 0 fully saturated rings. The van der Waals surface area contributed by atoms with Crippen LogP contribution in [-0.2, 0) is 17.9 Å². The van der Waals surface area contributed by atoms with E-state index in [1.54, 1.807) is 35.4 Å². The monoisotopic (exact) mass is 401 g/mol. The van der Waals surface area contributed by atoms with Crippen molar-refractivity contribution in [3.05, 3.63) is 59.2 Å². The van der Waals surface area contributed by atoms with Crippen molar-refractivity contribution in [3.8, 4) is 0 Å². The van der Waals surface area contributed by atoms with Crippen molar-refractivity contribution in [3.63, 3.8) is 0 Å². The number of hydrogen-bond acceptors (Lipinski definition) is 4. The van der Waals surface area contributed by atoms with E-state index >= 15 is 0 Å². The highest BCUT2D eigenvalue weighted by molar-refractivity contribution is 6.33. The van der Waals surface area contributed by atoms with Crippen LogP contribution >= 0.6 is 11.6 Å². The SMILES string of the molecule is CCN(C)C/C=C/C(=O)N1CCn2c(C(=O)Nc3ccccc3Cl)cnc2C1. The zero-order valence-corrected chi connectivity index (χ0v) is 16.8. The van der Waals surface area contributed by atoms with Crippen LogP contribution < -0.4 is 5.32 Å². The average Bonchev–Trinajstić information content (AvgIpc) is 3.12. The lowest BCUT2D eigenvalue weighted by Crippen LogP contribution is -2.38. The third-order valence-corrected chi connectivity index (χ3v) is 5.08. The van der Waals surface area contributed by atoms with Gasteiger partial charge in [0.25, 0.3) is 5.91 Å². The molecule has 1 N–H and O–H groups in total. The first-order valence-electron chi connectivity index (χ1n) is 9.24. The van der Waals surface area contributed by atoms with E-state index in [2.05, 4.69) is 22.1 Å². The van der Waals surface area contributed by atoms with Crippen LogP contribution in [0.4, 0.5) is 5.69 Å². The Morgan fingerprint density at radius 3 is 2.86 bits per heavy atom. The van der Waals surface area contributed by atoms with Gasteiger partial charge in [-0.25, -0.2) is 4.98 Å². The molecule has 0 unspecified atom stereocenters. The maximum atomic E-state index is 12.6. The predicted octanol–water partition coefficient (Wildman–Crippen LogP) is 2.64. The largest absolute Gasteiger partial charge is 0.330 e. The molecule has 0 atom stereocenters. The molecule has 0 saturated carbocycles. The lowest BCUT2D eigenvalue weighted by molar-refractivity contribution is -0.127. The Labute approximate surface area is 169 Å². The van der Waals surface area contributed by atoms with Crippen molar-refractivity contribution in [1.82, 2.24) is 19.4 Å². The van der Waals surface area contributed by atoms with Gasteiger partial charge < -0.3 is 19.7 Å². The van der Waals surface area contributed by atoms with Crippen LogP contribution in [0.25, 0.3) is 0 Å². The highest BCUT2D eigenvalue weighted by atomic mass is 35.5. The minimum absolute atomic E-state index is 0.0409. The molecule has 1 aromatic heterocycles. The van der Waals surface area contributed by atoms with Gasteiger partial charge >= 0.3 is 0 Å². The van der Waals surface area contributed by atoms with Gasteiger partial charge in [0.05, 0.1) is 23.5 Å². The Morgan fingerprint density at radius 2 is 2.11 bits per heavy atom. The maximum Gasteiger partial charge on any atom is 0.273 e. The summed E-state index contributed by atoms with van der Waals surface area (Å²) in [5, 5.41) is 3.29. The van der Waals surface area contributed by atoms with Crippen molar-refractivity contribution in [2.45, 2.75) is 20.0 Å². The lowest BCUT2D eigenvalue weighted by Gasteiger charge is -2.27. The summed E-state index contributed by atoms with van der Waals surface area (Å²) in [5.41, 5.74) is 1.02. The predicted molar refractivity (Wildman–Crippen MR) is 109 cm³/mol. The number of nitrogens with one attached hydrogen (secondary N) is 1. The van der Waals surface area contributed by atoms with Gasteiger partial charge in [-0.15, -0.1) is 0 Å². The summed E-state index contributed by atoms with van der Waals surface area (Å²) in [7, 11) is 2.00. The van der Waals surface area contributed by atoms with Crippen LogP contribution in [0.5, 0.6) is 0 Å². The van der Waals surface area contributed by atoms with E-state index in [1.807, 2.05) is 23.8 Å². The topological polar surface area (TPSA) is 70.5 Å². The van der Waals surface area contributed by atoms with Gasteiger partial charge in [-0.3, -0.25) is 9.59 Å². The Kier molecular flexibility index (Phi) is 6.49. The standard InChI is InChI=1S/C20H24ClN5O2/c1-3-24(2)10-6-9-19(27)25-11-12-26-17(13-22-18(26)14-25)20(28)23-16-8-5-4-7-15(16)21/h4-9,13H,3,10-12,14H2,1-2H3,(H,23,28)/b9-6+. The van der Waals surface area contributed by atoms with E-state index in [9.17, 15) is 9.59 Å². The summed E-state index contributed by atoms with van der Waals surface area (Å²) in [5.74, 6) is 0.387. The fraction of sp³-hybridized carbons (Fsp3) is 0.350. The molecule has 8 heteroatoms. The Morgan fingerprint density at radius 1 is 1.32 bits per heavy atom. The number of rotatable bonds is 6. The van der Waals surface area contributed by atoms with Gasteiger partial charge in [-0.2, -0.15) is 0 Å². The van der Waals surface area contributed by atoms with E-state index < -0.39 is 0 Å². The minimum Gasteiger partial charge on any atom is -0.330 e. The van der Waals surface area contributed by atoms with Crippen molar-refractivity contribution in [1.29, 1.82) is 0 Å². The van der Waals surface area contributed by atoms with Crippen LogP contribution in [-0.4, -0.2) is 57.8 Å². The third kappa shape index (κ3) is 4.61. The second kappa shape index (κ2) is 9.03. The van der Waals surface area contributed by atoms with E-state index in [4.69, 9.17) is 11.6 Å². The number of carbonyl (C=O) groups is 2. The molecule has 2 amide bonds. The molecule has 28 heavy (non-hydrogen) atoms. The first-order chi connectivity index (χ1) is 13.5. The number of fused-ring (bicyclic) bond motifs is 1. The summed E-state index contributed by atoms with van der Waals surface area (Å²) in [6, 6.07) is 7.08. The maximum absolute atomic E-state index is 12.6. The number of benzene rings is 1. The van der Waals surface area contributed by atoms with Gasteiger partial charge in [0, 0.05) is 25.7 Å². The van der Waals surface area contributed by atoms with Crippen molar-refractivity contribution in [2.24, 2.45) is 0 Å². The summed E-state index contributed by atoms with van der Waals surface area (Å²) in [6.07, 6.45) is 5.02.